The summed E-state index contributed by atoms with van der Waals surface area (Å²) in [6.45, 7) is 0. The van der Waals surface area contributed by atoms with E-state index in [1.54, 1.807) is 31.3 Å². The molecule has 0 saturated carbocycles. The van der Waals surface area contributed by atoms with Gasteiger partial charge in [-0.3, -0.25) is 0 Å². The van der Waals surface area contributed by atoms with Crippen LogP contribution < -0.4 is 0 Å². The van der Waals surface area contributed by atoms with E-state index in [0.29, 0.717) is 22.0 Å². The molecule has 34 heavy (non-hydrogen) atoms. The van der Waals surface area contributed by atoms with E-state index in [1.807, 2.05) is 16.7 Å². The summed E-state index contributed by atoms with van der Waals surface area (Å²) in [5.74, 6) is -2.43. The van der Waals surface area contributed by atoms with E-state index in [0.717, 1.165) is 10.9 Å². The summed E-state index contributed by atoms with van der Waals surface area (Å²) in [5.41, 5.74) is 2.81. The molecule has 0 amide bonds. The zero-order chi connectivity index (χ0) is 25.0. The van der Waals surface area contributed by atoms with E-state index in [4.69, 9.17) is 9.47 Å². The van der Waals surface area contributed by atoms with Crippen molar-refractivity contribution in [2.24, 2.45) is 7.05 Å². The van der Waals surface area contributed by atoms with Crippen molar-refractivity contribution in [1.82, 2.24) is 4.57 Å². The molecule has 0 aliphatic heterocycles. The Morgan fingerprint density at radius 1 is 0.647 bits per heavy atom. The number of fused-ring (bicyclic) bond motifs is 3. The van der Waals surface area contributed by atoms with Crippen LogP contribution in [0.3, 0.4) is 0 Å². The standard InChI is InChI=1S/C25H23NO8/c1-26-20-11-15(7-9-23(28)32-3)14(6-8-22(27)31-2)10-16(20)17-12-18(24(29)33-4)19(13-21(17)26)25(30)34-5/h6-13H,1-5H3/b8-6+,9-7+. The molecule has 0 radical (unpaired) electrons. The fourth-order valence-corrected chi connectivity index (χ4v) is 3.62. The van der Waals surface area contributed by atoms with Crippen molar-refractivity contribution in [3.63, 3.8) is 0 Å². The molecule has 0 atom stereocenters. The first-order valence-corrected chi connectivity index (χ1v) is 10.0. The Bertz CT molecular complexity index is 1380. The molecule has 0 N–H and O–H groups in total. The van der Waals surface area contributed by atoms with E-state index >= 15 is 0 Å². The fourth-order valence-electron chi connectivity index (χ4n) is 3.62. The van der Waals surface area contributed by atoms with Gasteiger partial charge in [0.15, 0.2) is 0 Å². The van der Waals surface area contributed by atoms with Crippen LogP contribution in [0.5, 0.6) is 0 Å². The van der Waals surface area contributed by atoms with Crippen LogP contribution in [0.2, 0.25) is 0 Å². The minimum atomic E-state index is -0.678. The molecule has 0 saturated heterocycles. The van der Waals surface area contributed by atoms with Crippen LogP contribution >= 0.6 is 0 Å². The molecule has 9 heteroatoms. The van der Waals surface area contributed by atoms with Crippen LogP contribution in [0.25, 0.3) is 34.0 Å². The Labute approximate surface area is 195 Å². The van der Waals surface area contributed by atoms with Gasteiger partial charge in [0, 0.05) is 41.0 Å². The van der Waals surface area contributed by atoms with E-state index < -0.39 is 23.9 Å². The maximum Gasteiger partial charge on any atom is 0.338 e. The number of aryl methyl sites for hydroxylation is 1. The summed E-state index contributed by atoms with van der Waals surface area (Å²) in [4.78, 5) is 48.1. The van der Waals surface area contributed by atoms with Crippen LogP contribution in [0.1, 0.15) is 31.8 Å². The SMILES string of the molecule is COC(=O)/C=C/c1cc2c3cc(C(=O)OC)c(C(=O)OC)cc3n(C)c2cc1/C=C/C(=O)OC. The van der Waals surface area contributed by atoms with Crippen molar-refractivity contribution in [3.05, 3.63) is 58.7 Å². The third-order valence-corrected chi connectivity index (χ3v) is 5.36. The molecule has 2 aromatic carbocycles. The van der Waals surface area contributed by atoms with Gasteiger partial charge in [-0.15, -0.1) is 0 Å². The Morgan fingerprint density at radius 2 is 1.09 bits per heavy atom. The molecule has 0 aliphatic carbocycles. The summed E-state index contributed by atoms with van der Waals surface area (Å²) in [7, 11) is 6.81. The second-order valence-corrected chi connectivity index (χ2v) is 7.17. The van der Waals surface area contributed by atoms with Crippen molar-refractivity contribution in [2.75, 3.05) is 28.4 Å². The van der Waals surface area contributed by atoms with Gasteiger partial charge in [0.25, 0.3) is 0 Å². The van der Waals surface area contributed by atoms with Gasteiger partial charge in [-0.05, 0) is 47.5 Å². The lowest BCUT2D eigenvalue weighted by molar-refractivity contribution is -0.135. The largest absolute Gasteiger partial charge is 0.466 e. The van der Waals surface area contributed by atoms with Gasteiger partial charge < -0.3 is 23.5 Å². The number of hydrogen-bond acceptors (Lipinski definition) is 8. The zero-order valence-electron chi connectivity index (χ0n) is 19.3. The van der Waals surface area contributed by atoms with Gasteiger partial charge in [-0.1, -0.05) is 0 Å². The summed E-state index contributed by atoms with van der Waals surface area (Å²) in [6.07, 6.45) is 5.66. The molecule has 1 aromatic heterocycles. The average Bonchev–Trinajstić information content (AvgIpc) is 3.13. The fraction of sp³-hybridized carbons (Fsp3) is 0.200. The molecular weight excluding hydrogens is 442 g/mol. The van der Waals surface area contributed by atoms with E-state index in [1.165, 1.54) is 40.6 Å². The summed E-state index contributed by atoms with van der Waals surface area (Å²) in [5, 5.41) is 1.43. The monoisotopic (exact) mass is 465 g/mol. The van der Waals surface area contributed by atoms with Crippen molar-refractivity contribution in [1.29, 1.82) is 0 Å². The molecule has 3 rings (SSSR count). The molecular formula is C25H23NO8. The van der Waals surface area contributed by atoms with Gasteiger partial charge in [0.1, 0.15) is 0 Å². The second kappa shape index (κ2) is 10.0. The summed E-state index contributed by atoms with van der Waals surface area (Å²) >= 11 is 0. The lowest BCUT2D eigenvalue weighted by Crippen LogP contribution is -2.12. The normalized spacial score (nSPS) is 11.3. The smallest absolute Gasteiger partial charge is 0.338 e. The van der Waals surface area contributed by atoms with Crippen molar-refractivity contribution >= 4 is 57.8 Å². The molecule has 3 aromatic rings. The second-order valence-electron chi connectivity index (χ2n) is 7.17. The highest BCUT2D eigenvalue weighted by atomic mass is 16.5. The minimum Gasteiger partial charge on any atom is -0.466 e. The number of esters is 4. The number of nitrogens with zero attached hydrogens (tertiary/aromatic N) is 1. The van der Waals surface area contributed by atoms with Crippen molar-refractivity contribution in [3.8, 4) is 0 Å². The molecule has 9 nitrogen and oxygen atoms in total. The van der Waals surface area contributed by atoms with Crippen LogP contribution in [-0.2, 0) is 35.6 Å². The average molecular weight is 465 g/mol. The number of ether oxygens (including phenoxy) is 4. The Kier molecular flexibility index (Phi) is 7.15. The lowest BCUT2D eigenvalue weighted by atomic mass is 9.99. The van der Waals surface area contributed by atoms with Gasteiger partial charge in [0.05, 0.1) is 39.6 Å². The maximum atomic E-state index is 12.4. The van der Waals surface area contributed by atoms with Gasteiger partial charge in [-0.25, -0.2) is 19.2 Å². The Balaban J connectivity index is 2.37. The van der Waals surface area contributed by atoms with Crippen LogP contribution in [0.15, 0.2) is 36.4 Å². The predicted molar refractivity (Wildman–Crippen MR) is 125 cm³/mol. The van der Waals surface area contributed by atoms with Gasteiger partial charge in [-0.2, -0.15) is 0 Å². The number of hydrogen-bond donors (Lipinski definition) is 0. The molecule has 1 heterocycles. The quantitative estimate of drug-likeness (QED) is 0.310. The highest BCUT2D eigenvalue weighted by molar-refractivity contribution is 6.15. The van der Waals surface area contributed by atoms with Crippen LogP contribution in [0, 0.1) is 0 Å². The molecule has 0 bridgehead atoms. The highest BCUT2D eigenvalue weighted by Gasteiger charge is 2.22. The number of methoxy groups -OCH3 is 4. The molecule has 0 aliphatic rings. The van der Waals surface area contributed by atoms with E-state index in [9.17, 15) is 19.2 Å². The number of carbonyl (C=O) groups excluding carboxylic acids is 4. The highest BCUT2D eigenvalue weighted by Crippen LogP contribution is 2.34. The predicted octanol–water partition coefficient (Wildman–Crippen LogP) is 3.28. The minimum absolute atomic E-state index is 0.0654. The summed E-state index contributed by atoms with van der Waals surface area (Å²) in [6, 6.07) is 6.78. The third kappa shape index (κ3) is 4.54. The zero-order valence-corrected chi connectivity index (χ0v) is 19.3. The number of rotatable bonds is 6. The van der Waals surface area contributed by atoms with E-state index in [2.05, 4.69) is 9.47 Å². The maximum absolute atomic E-state index is 12.4. The number of aromatic nitrogens is 1. The lowest BCUT2D eigenvalue weighted by Gasteiger charge is -2.07. The topological polar surface area (TPSA) is 110 Å². The van der Waals surface area contributed by atoms with Crippen molar-refractivity contribution < 1.29 is 38.1 Å². The van der Waals surface area contributed by atoms with Gasteiger partial charge >= 0.3 is 23.9 Å². The first-order chi connectivity index (χ1) is 16.2. The molecule has 0 unspecified atom stereocenters. The molecule has 0 spiro atoms. The van der Waals surface area contributed by atoms with Crippen molar-refractivity contribution in [2.45, 2.75) is 0 Å². The van der Waals surface area contributed by atoms with Crippen LogP contribution in [0.4, 0.5) is 0 Å². The first-order valence-electron chi connectivity index (χ1n) is 10.0. The van der Waals surface area contributed by atoms with Gasteiger partial charge in [0.2, 0.25) is 0 Å². The molecule has 0 fully saturated rings. The molecule has 176 valence electrons. The number of benzene rings is 2. The Hall–Kier alpha value is -4.40. The van der Waals surface area contributed by atoms with Crippen LogP contribution in [-0.4, -0.2) is 56.9 Å². The first kappa shape index (κ1) is 24.2. The van der Waals surface area contributed by atoms with E-state index in [-0.39, 0.29) is 11.1 Å². The number of carbonyl (C=O) groups is 4. The summed E-state index contributed by atoms with van der Waals surface area (Å²) < 4.78 is 20.9. The Morgan fingerprint density at radius 3 is 1.59 bits per heavy atom. The third-order valence-electron chi connectivity index (χ3n) is 5.36.